The Morgan fingerprint density at radius 2 is 2.36 bits per heavy atom. The van der Waals surface area contributed by atoms with Gasteiger partial charge in [0.25, 0.3) is 0 Å². The average molecular weight is 340 g/mol. The Labute approximate surface area is 147 Å². The molecule has 0 saturated carbocycles. The zero-order valence-electron chi connectivity index (χ0n) is 14.3. The van der Waals surface area contributed by atoms with Gasteiger partial charge < -0.3 is 15.4 Å². The van der Waals surface area contributed by atoms with Crippen LogP contribution < -0.4 is 15.4 Å². The van der Waals surface area contributed by atoms with Gasteiger partial charge in [-0.25, -0.2) is 0 Å². The van der Waals surface area contributed by atoms with Gasteiger partial charge in [-0.1, -0.05) is 12.1 Å². The Bertz CT molecular complexity index is 750. The lowest BCUT2D eigenvalue weighted by Gasteiger charge is -2.20. The highest BCUT2D eigenvalue weighted by Crippen LogP contribution is 2.25. The summed E-state index contributed by atoms with van der Waals surface area (Å²) in [7, 11) is 0. The van der Waals surface area contributed by atoms with Crippen LogP contribution in [0.25, 0.3) is 0 Å². The Hall–Kier alpha value is -2.34. The van der Waals surface area contributed by atoms with Crippen LogP contribution in [0.2, 0.25) is 0 Å². The second-order valence-electron chi connectivity index (χ2n) is 6.80. The minimum atomic E-state index is -0.0202. The fourth-order valence-electron chi connectivity index (χ4n) is 3.54. The van der Waals surface area contributed by atoms with E-state index >= 15 is 0 Å². The van der Waals surface area contributed by atoms with Crippen molar-refractivity contribution < 1.29 is 9.53 Å². The molecule has 0 unspecified atom stereocenters. The number of piperidine rings is 1. The Morgan fingerprint density at radius 1 is 1.40 bits per heavy atom. The highest BCUT2D eigenvalue weighted by atomic mass is 16.5. The number of hydrogen-bond acceptors (Lipinski definition) is 4. The predicted molar refractivity (Wildman–Crippen MR) is 94.6 cm³/mol. The summed E-state index contributed by atoms with van der Waals surface area (Å²) in [6.07, 6.45) is 5.20. The molecule has 25 heavy (non-hydrogen) atoms. The molecule has 2 N–H and O–H groups in total. The van der Waals surface area contributed by atoms with Gasteiger partial charge in [0.1, 0.15) is 12.3 Å². The van der Waals surface area contributed by atoms with Crippen molar-refractivity contribution in [2.45, 2.75) is 38.3 Å². The number of aromatic nitrogens is 2. The molecule has 4 rings (SSSR count). The lowest BCUT2D eigenvalue weighted by Crippen LogP contribution is -2.29. The zero-order chi connectivity index (χ0) is 17.1. The van der Waals surface area contributed by atoms with Crippen LogP contribution in [0, 0.1) is 0 Å². The van der Waals surface area contributed by atoms with Crippen molar-refractivity contribution in [2.24, 2.45) is 0 Å². The second kappa shape index (κ2) is 7.27. The highest BCUT2D eigenvalue weighted by Gasteiger charge is 2.18. The first-order chi connectivity index (χ1) is 12.3. The van der Waals surface area contributed by atoms with Crippen molar-refractivity contribution in [2.75, 3.05) is 19.7 Å². The van der Waals surface area contributed by atoms with E-state index in [2.05, 4.69) is 21.8 Å². The summed E-state index contributed by atoms with van der Waals surface area (Å²) in [5.41, 5.74) is 3.41. The number of nitrogens with zero attached hydrogens (tertiary/aromatic N) is 2. The molecular formula is C19H24N4O2. The van der Waals surface area contributed by atoms with Crippen molar-refractivity contribution in [1.82, 2.24) is 20.4 Å². The van der Waals surface area contributed by atoms with Gasteiger partial charge in [-0.15, -0.1) is 0 Å². The van der Waals surface area contributed by atoms with Crippen LogP contribution in [-0.4, -0.2) is 35.4 Å². The Kier molecular flexibility index (Phi) is 4.70. The SMILES string of the molecule is O=C(Cn1ccc([C@H]2CCCNC2)n1)NCc1ccc2c(c1)CCO2. The predicted octanol–water partition coefficient (Wildman–Crippen LogP) is 1.60. The monoisotopic (exact) mass is 340 g/mol. The van der Waals surface area contributed by atoms with Gasteiger partial charge in [0.05, 0.1) is 12.3 Å². The number of ether oxygens (including phenoxy) is 1. The quantitative estimate of drug-likeness (QED) is 0.868. The maximum Gasteiger partial charge on any atom is 0.241 e. The fourth-order valence-corrected chi connectivity index (χ4v) is 3.54. The fraction of sp³-hybridized carbons (Fsp3) is 0.474. The summed E-state index contributed by atoms with van der Waals surface area (Å²) >= 11 is 0. The first-order valence-corrected chi connectivity index (χ1v) is 9.03. The third kappa shape index (κ3) is 3.85. The smallest absolute Gasteiger partial charge is 0.241 e. The third-order valence-corrected chi connectivity index (χ3v) is 4.93. The molecule has 2 aromatic rings. The van der Waals surface area contributed by atoms with E-state index in [0.717, 1.165) is 49.5 Å². The Balaban J connectivity index is 1.29. The third-order valence-electron chi connectivity index (χ3n) is 4.93. The van der Waals surface area contributed by atoms with Gasteiger partial charge in [0.2, 0.25) is 5.91 Å². The topological polar surface area (TPSA) is 68.2 Å². The summed E-state index contributed by atoms with van der Waals surface area (Å²) in [6.45, 7) is 3.62. The van der Waals surface area contributed by atoms with E-state index < -0.39 is 0 Å². The summed E-state index contributed by atoms with van der Waals surface area (Å²) in [5.74, 6) is 1.41. The minimum Gasteiger partial charge on any atom is -0.493 e. The van der Waals surface area contributed by atoms with Crippen LogP contribution in [-0.2, 0) is 24.3 Å². The Morgan fingerprint density at radius 3 is 3.24 bits per heavy atom. The highest BCUT2D eigenvalue weighted by molar-refractivity contribution is 5.75. The average Bonchev–Trinajstić information content (AvgIpc) is 3.29. The summed E-state index contributed by atoms with van der Waals surface area (Å²) in [6, 6.07) is 8.14. The molecule has 1 fully saturated rings. The van der Waals surface area contributed by atoms with Gasteiger partial charge in [-0.05, 0) is 42.6 Å². The standard InChI is InChI=1S/C19H24N4O2/c24-19(21-11-14-3-4-18-15(10-14)6-9-25-18)13-23-8-5-17(22-23)16-2-1-7-20-12-16/h3-5,8,10,16,20H,1-2,6-7,9,11-13H2,(H,21,24)/t16-/m0/s1. The van der Waals surface area contributed by atoms with Crippen molar-refractivity contribution in [3.63, 3.8) is 0 Å². The number of fused-ring (bicyclic) bond motifs is 1. The molecule has 1 atom stereocenters. The van der Waals surface area contributed by atoms with E-state index in [-0.39, 0.29) is 12.5 Å². The second-order valence-corrected chi connectivity index (χ2v) is 6.80. The molecule has 1 amide bonds. The molecule has 132 valence electrons. The van der Waals surface area contributed by atoms with Gasteiger partial charge in [0.15, 0.2) is 0 Å². The molecule has 6 nitrogen and oxygen atoms in total. The molecule has 1 saturated heterocycles. The van der Waals surface area contributed by atoms with E-state index in [0.29, 0.717) is 12.5 Å². The molecule has 0 aliphatic carbocycles. The number of nitrogens with one attached hydrogen (secondary N) is 2. The normalized spacial score (nSPS) is 19.3. The van der Waals surface area contributed by atoms with Gasteiger partial charge >= 0.3 is 0 Å². The van der Waals surface area contributed by atoms with Crippen LogP contribution in [0.1, 0.15) is 35.6 Å². The molecular weight excluding hydrogens is 316 g/mol. The van der Waals surface area contributed by atoms with Gasteiger partial charge in [0, 0.05) is 31.6 Å². The lowest BCUT2D eigenvalue weighted by molar-refractivity contribution is -0.122. The molecule has 3 heterocycles. The number of carbonyl (C=O) groups is 1. The maximum atomic E-state index is 12.2. The number of hydrogen-bond donors (Lipinski definition) is 2. The molecule has 0 spiro atoms. The van der Waals surface area contributed by atoms with E-state index in [9.17, 15) is 4.79 Å². The van der Waals surface area contributed by atoms with Crippen molar-refractivity contribution in [3.05, 3.63) is 47.3 Å². The van der Waals surface area contributed by atoms with Gasteiger partial charge in [-0.2, -0.15) is 5.10 Å². The summed E-state index contributed by atoms with van der Waals surface area (Å²) in [4.78, 5) is 12.2. The van der Waals surface area contributed by atoms with Crippen LogP contribution in [0.5, 0.6) is 5.75 Å². The minimum absolute atomic E-state index is 0.0202. The lowest BCUT2D eigenvalue weighted by atomic mass is 9.97. The molecule has 0 radical (unpaired) electrons. The van der Waals surface area contributed by atoms with E-state index in [1.54, 1.807) is 4.68 Å². The van der Waals surface area contributed by atoms with Crippen LogP contribution in [0.3, 0.4) is 0 Å². The van der Waals surface area contributed by atoms with Crippen LogP contribution in [0.15, 0.2) is 30.5 Å². The molecule has 2 aliphatic heterocycles. The number of amides is 1. The van der Waals surface area contributed by atoms with Crippen LogP contribution >= 0.6 is 0 Å². The van der Waals surface area contributed by atoms with Crippen molar-refractivity contribution >= 4 is 5.91 Å². The summed E-state index contributed by atoms with van der Waals surface area (Å²) < 4.78 is 7.24. The largest absolute Gasteiger partial charge is 0.493 e. The van der Waals surface area contributed by atoms with Crippen molar-refractivity contribution in [3.8, 4) is 5.75 Å². The number of carbonyl (C=O) groups excluding carboxylic acids is 1. The zero-order valence-corrected chi connectivity index (χ0v) is 14.3. The first kappa shape index (κ1) is 16.1. The molecule has 1 aromatic carbocycles. The van der Waals surface area contributed by atoms with E-state index in [4.69, 9.17) is 4.74 Å². The molecule has 6 heteroatoms. The summed E-state index contributed by atoms with van der Waals surface area (Å²) in [5, 5.41) is 11.0. The maximum absolute atomic E-state index is 12.2. The van der Waals surface area contributed by atoms with E-state index in [1.165, 1.54) is 12.0 Å². The molecule has 0 bridgehead atoms. The first-order valence-electron chi connectivity index (χ1n) is 9.03. The molecule has 2 aliphatic rings. The van der Waals surface area contributed by atoms with Crippen LogP contribution in [0.4, 0.5) is 0 Å². The van der Waals surface area contributed by atoms with E-state index in [1.807, 2.05) is 24.4 Å². The van der Waals surface area contributed by atoms with Crippen molar-refractivity contribution in [1.29, 1.82) is 0 Å². The number of rotatable bonds is 5. The van der Waals surface area contributed by atoms with Gasteiger partial charge in [-0.3, -0.25) is 9.48 Å². The molecule has 1 aromatic heterocycles. The number of benzene rings is 1.